The van der Waals surface area contributed by atoms with Gasteiger partial charge in [-0.1, -0.05) is 0 Å². The van der Waals surface area contributed by atoms with Gasteiger partial charge in [0.25, 0.3) is 5.91 Å². The van der Waals surface area contributed by atoms with Crippen LogP contribution in [0.3, 0.4) is 0 Å². The Morgan fingerprint density at radius 3 is 2.07 bits per heavy atom. The molecule has 0 heterocycles. The van der Waals surface area contributed by atoms with E-state index in [1.807, 2.05) is 6.92 Å². The first-order chi connectivity index (χ1) is 13.0. The summed E-state index contributed by atoms with van der Waals surface area (Å²) in [5.74, 6) is -0.371. The van der Waals surface area contributed by atoms with Crippen LogP contribution in [0.1, 0.15) is 17.3 Å². The van der Waals surface area contributed by atoms with Crippen LogP contribution in [0.2, 0.25) is 0 Å². The molecule has 27 heavy (non-hydrogen) atoms. The Hall–Kier alpha value is -3.42. The second kappa shape index (κ2) is 9.33. The summed E-state index contributed by atoms with van der Waals surface area (Å²) in [5.41, 5.74) is 0.571. The van der Waals surface area contributed by atoms with Crippen LogP contribution in [0.25, 0.3) is 0 Å². The second-order valence-electron chi connectivity index (χ2n) is 5.31. The lowest BCUT2D eigenvalue weighted by atomic mass is 10.2. The quantitative estimate of drug-likeness (QED) is 0.694. The third kappa shape index (κ3) is 5.27. The third-order valence-corrected chi connectivity index (χ3v) is 3.50. The van der Waals surface area contributed by atoms with Crippen LogP contribution in [0.4, 0.5) is 5.69 Å². The fraction of sp³-hybridized carbons (Fsp3) is 0.263. The van der Waals surface area contributed by atoms with Gasteiger partial charge in [0.2, 0.25) is 5.75 Å². The first-order valence-corrected chi connectivity index (χ1v) is 8.13. The average Bonchev–Trinajstić information content (AvgIpc) is 2.67. The minimum atomic E-state index is -1.13. The number of benzene rings is 2. The van der Waals surface area contributed by atoms with Gasteiger partial charge < -0.3 is 29.4 Å². The van der Waals surface area contributed by atoms with Crippen molar-refractivity contribution in [3.8, 4) is 23.0 Å². The van der Waals surface area contributed by atoms with Crippen molar-refractivity contribution < 1.29 is 33.6 Å². The van der Waals surface area contributed by atoms with Crippen LogP contribution in [-0.4, -0.2) is 44.4 Å². The summed E-state index contributed by atoms with van der Waals surface area (Å²) < 4.78 is 21.1. The van der Waals surface area contributed by atoms with Gasteiger partial charge in [0, 0.05) is 5.69 Å². The van der Waals surface area contributed by atoms with Crippen molar-refractivity contribution in [3.63, 3.8) is 0 Å². The number of carbonyl (C=O) groups excluding carboxylic acids is 1. The number of hydrogen-bond donors (Lipinski definition) is 2. The van der Waals surface area contributed by atoms with Gasteiger partial charge >= 0.3 is 5.97 Å². The lowest BCUT2D eigenvalue weighted by Gasteiger charge is -2.15. The number of rotatable bonds is 9. The number of hydrogen-bond acceptors (Lipinski definition) is 6. The summed E-state index contributed by atoms with van der Waals surface area (Å²) in [6.45, 7) is 2.13. The summed E-state index contributed by atoms with van der Waals surface area (Å²) in [6.07, 6.45) is 0. The first-order valence-electron chi connectivity index (χ1n) is 8.13. The smallest absolute Gasteiger partial charge is 0.335 e. The van der Waals surface area contributed by atoms with Gasteiger partial charge in [-0.25, -0.2) is 4.79 Å². The van der Waals surface area contributed by atoms with Crippen LogP contribution >= 0.6 is 0 Å². The van der Waals surface area contributed by atoms with E-state index >= 15 is 0 Å². The maximum Gasteiger partial charge on any atom is 0.335 e. The Bertz CT molecular complexity index is 777. The highest BCUT2D eigenvalue weighted by molar-refractivity contribution is 5.92. The average molecular weight is 375 g/mol. The molecule has 0 spiro atoms. The number of ether oxygens (including phenoxy) is 4. The molecule has 2 aromatic carbocycles. The molecule has 0 aromatic heterocycles. The van der Waals surface area contributed by atoms with Crippen molar-refractivity contribution in [2.75, 3.05) is 32.8 Å². The third-order valence-electron chi connectivity index (χ3n) is 3.50. The molecular formula is C19H21NO7. The number of amides is 1. The molecule has 0 fully saturated rings. The molecule has 0 bridgehead atoms. The van der Waals surface area contributed by atoms with Crippen LogP contribution in [-0.2, 0) is 4.79 Å². The Labute approximate surface area is 156 Å². The maximum atomic E-state index is 12.1. The van der Waals surface area contributed by atoms with Crippen molar-refractivity contribution in [1.29, 1.82) is 0 Å². The topological polar surface area (TPSA) is 103 Å². The van der Waals surface area contributed by atoms with Crippen LogP contribution < -0.4 is 24.3 Å². The van der Waals surface area contributed by atoms with Gasteiger partial charge in [-0.05, 0) is 43.3 Å². The molecular weight excluding hydrogens is 354 g/mol. The van der Waals surface area contributed by atoms with E-state index in [-0.39, 0.29) is 29.4 Å². The van der Waals surface area contributed by atoms with Crippen LogP contribution in [0, 0.1) is 0 Å². The van der Waals surface area contributed by atoms with Crippen molar-refractivity contribution >= 4 is 17.6 Å². The molecule has 8 nitrogen and oxygen atoms in total. The summed E-state index contributed by atoms with van der Waals surface area (Å²) >= 11 is 0. The van der Waals surface area contributed by atoms with Gasteiger partial charge in [0.1, 0.15) is 5.75 Å². The molecule has 0 saturated heterocycles. The molecule has 0 unspecified atom stereocenters. The maximum absolute atomic E-state index is 12.1. The Morgan fingerprint density at radius 2 is 1.59 bits per heavy atom. The highest BCUT2D eigenvalue weighted by Gasteiger charge is 2.18. The molecule has 0 atom stereocenters. The number of carbonyl (C=O) groups is 2. The summed E-state index contributed by atoms with van der Waals surface area (Å²) in [7, 11) is 2.74. The van der Waals surface area contributed by atoms with E-state index in [0.717, 1.165) is 0 Å². The Balaban J connectivity index is 2.06. The molecule has 144 valence electrons. The number of methoxy groups -OCH3 is 2. The molecule has 0 aliphatic heterocycles. The van der Waals surface area contributed by atoms with Gasteiger partial charge in [-0.15, -0.1) is 0 Å². The van der Waals surface area contributed by atoms with E-state index in [9.17, 15) is 9.59 Å². The first kappa shape index (κ1) is 19.9. The zero-order valence-corrected chi connectivity index (χ0v) is 15.3. The number of aromatic carboxylic acids is 1. The predicted molar refractivity (Wildman–Crippen MR) is 98.2 cm³/mol. The molecule has 0 aliphatic carbocycles. The van der Waals surface area contributed by atoms with E-state index in [2.05, 4.69) is 5.32 Å². The summed E-state index contributed by atoms with van der Waals surface area (Å²) in [6, 6.07) is 9.51. The van der Waals surface area contributed by atoms with Crippen molar-refractivity contribution in [3.05, 3.63) is 42.0 Å². The van der Waals surface area contributed by atoms with Crippen LogP contribution in [0.15, 0.2) is 36.4 Å². The fourth-order valence-corrected chi connectivity index (χ4v) is 2.28. The van der Waals surface area contributed by atoms with Gasteiger partial charge in [0.05, 0.1) is 26.4 Å². The van der Waals surface area contributed by atoms with E-state index in [4.69, 9.17) is 24.1 Å². The summed E-state index contributed by atoms with van der Waals surface area (Å²) in [5, 5.41) is 11.8. The molecule has 0 radical (unpaired) electrons. The van der Waals surface area contributed by atoms with E-state index in [1.54, 1.807) is 24.3 Å². The monoisotopic (exact) mass is 375 g/mol. The fourth-order valence-electron chi connectivity index (χ4n) is 2.28. The van der Waals surface area contributed by atoms with Crippen molar-refractivity contribution in [1.82, 2.24) is 0 Å². The number of carboxylic acids is 1. The lowest BCUT2D eigenvalue weighted by Crippen LogP contribution is -2.20. The Kier molecular flexibility index (Phi) is 6.87. The lowest BCUT2D eigenvalue weighted by molar-refractivity contribution is -0.118. The molecule has 0 saturated carbocycles. The number of carboxylic acid groups (broad SMARTS) is 1. The minimum Gasteiger partial charge on any atom is -0.494 e. The molecule has 2 N–H and O–H groups in total. The SMILES string of the molecule is CCOc1ccc(NC(=O)COc2c(OC)cc(C(=O)O)cc2OC)cc1. The molecule has 0 aliphatic rings. The van der Waals surface area contributed by atoms with Gasteiger partial charge in [-0.2, -0.15) is 0 Å². The van der Waals surface area contributed by atoms with Crippen molar-refractivity contribution in [2.24, 2.45) is 0 Å². The van der Waals surface area contributed by atoms with E-state index < -0.39 is 11.9 Å². The molecule has 8 heteroatoms. The molecule has 1 amide bonds. The standard InChI is InChI=1S/C19H21NO7/c1-4-26-14-7-5-13(6-8-14)20-17(21)11-27-18-15(24-2)9-12(19(22)23)10-16(18)25-3/h5-10H,4,11H2,1-3H3,(H,20,21)(H,22,23). The molecule has 2 aromatic rings. The number of anilines is 1. The highest BCUT2D eigenvalue weighted by atomic mass is 16.5. The Morgan fingerprint density at radius 1 is 1.00 bits per heavy atom. The van der Waals surface area contributed by atoms with Crippen molar-refractivity contribution in [2.45, 2.75) is 6.92 Å². The number of nitrogens with one attached hydrogen (secondary N) is 1. The van der Waals surface area contributed by atoms with E-state index in [1.165, 1.54) is 26.4 Å². The largest absolute Gasteiger partial charge is 0.494 e. The van der Waals surface area contributed by atoms with Gasteiger partial charge in [0.15, 0.2) is 18.1 Å². The normalized spacial score (nSPS) is 10.0. The zero-order valence-electron chi connectivity index (χ0n) is 15.3. The zero-order chi connectivity index (χ0) is 19.8. The van der Waals surface area contributed by atoms with E-state index in [0.29, 0.717) is 18.0 Å². The van der Waals surface area contributed by atoms with Crippen LogP contribution in [0.5, 0.6) is 23.0 Å². The minimum absolute atomic E-state index is 0.0186. The summed E-state index contributed by atoms with van der Waals surface area (Å²) in [4.78, 5) is 23.3. The second-order valence-corrected chi connectivity index (χ2v) is 5.31. The highest BCUT2D eigenvalue weighted by Crippen LogP contribution is 2.38. The predicted octanol–water partition coefficient (Wildman–Crippen LogP) is 2.82. The molecule has 2 rings (SSSR count). The van der Waals surface area contributed by atoms with Gasteiger partial charge in [-0.3, -0.25) is 4.79 Å².